The number of carbonyl (C=O) groups excluding carboxylic acids is 2. The van der Waals surface area contributed by atoms with Gasteiger partial charge in [0, 0.05) is 73.3 Å². The smallest absolute Gasteiger partial charge is 0.508 e. The quantitative estimate of drug-likeness (QED) is 0.0264. The van der Waals surface area contributed by atoms with Crippen molar-refractivity contribution in [3.05, 3.63) is 270 Å². The molecule has 3 saturated heterocycles. The van der Waals surface area contributed by atoms with E-state index in [9.17, 15) is 93.6 Å². The van der Waals surface area contributed by atoms with Gasteiger partial charge < -0.3 is 96.9 Å². The molecule has 2 amide bonds. The van der Waals surface area contributed by atoms with Crippen LogP contribution in [0.25, 0.3) is 16.7 Å². The molecule has 37 heteroatoms. The van der Waals surface area contributed by atoms with Gasteiger partial charge in [0.2, 0.25) is 11.3 Å². The topological polar surface area (TPSA) is 491 Å². The summed E-state index contributed by atoms with van der Waals surface area (Å²) in [5, 5.41) is 126. The van der Waals surface area contributed by atoms with Crippen molar-refractivity contribution in [2.24, 2.45) is 29.4 Å². The number of anilines is 1. The van der Waals surface area contributed by atoms with Gasteiger partial charge in [-0.2, -0.15) is 8.42 Å². The fourth-order valence-corrected chi connectivity index (χ4v) is 19.2. The fraction of sp³-hybridized carbons (Fsp3) is 0.464. The number of halogens is 4. The van der Waals surface area contributed by atoms with Gasteiger partial charge in [-0.3, -0.25) is 33.4 Å². The van der Waals surface area contributed by atoms with Crippen molar-refractivity contribution in [3.8, 4) is 45.9 Å². The number of aromatic nitrogens is 2. The number of pyridine rings is 2. The van der Waals surface area contributed by atoms with Crippen molar-refractivity contribution in [1.82, 2.24) is 30.4 Å². The van der Waals surface area contributed by atoms with Crippen LogP contribution in [0.4, 0.5) is 23.8 Å². The number of aromatic carboxylic acids is 1. The molecule has 6 aliphatic rings. The van der Waals surface area contributed by atoms with Gasteiger partial charge in [0.1, 0.15) is 75.3 Å². The van der Waals surface area contributed by atoms with Crippen molar-refractivity contribution in [3.63, 3.8) is 0 Å². The number of piperidine rings is 2. The Kier molecular flexibility index (Phi) is 43.0. The maximum atomic E-state index is 14.8. The van der Waals surface area contributed by atoms with Crippen LogP contribution in [0, 0.1) is 93.0 Å². The summed E-state index contributed by atoms with van der Waals surface area (Å²) in [4.78, 5) is 55.6. The zero-order chi connectivity index (χ0) is 107. The van der Waals surface area contributed by atoms with Crippen LogP contribution in [0.2, 0.25) is 0 Å². The number of carboxylic acids is 1. The van der Waals surface area contributed by atoms with Crippen molar-refractivity contribution in [2.45, 2.75) is 250 Å². The van der Waals surface area contributed by atoms with Gasteiger partial charge in [-0.25, -0.2) is 22.9 Å². The number of phenols is 5. The summed E-state index contributed by atoms with van der Waals surface area (Å²) >= 11 is 1.04. The van der Waals surface area contributed by atoms with E-state index in [1.54, 1.807) is 4.90 Å². The number of aromatic hydroxyl groups is 5. The molecule has 147 heavy (non-hydrogen) atoms. The Morgan fingerprint density at radius 1 is 0.639 bits per heavy atom. The molecule has 8 aromatic carbocycles. The normalized spacial score (nSPS) is 19.9. The number of nitrogens with one attached hydrogen (secondary N) is 3. The third kappa shape index (κ3) is 35.1. The van der Waals surface area contributed by atoms with E-state index in [1.165, 1.54) is 42.0 Å². The third-order valence-electron chi connectivity index (χ3n) is 27.2. The predicted molar refractivity (Wildman–Crippen MR) is 561 cm³/mol. The van der Waals surface area contributed by atoms with Crippen LogP contribution < -0.4 is 41.5 Å². The van der Waals surface area contributed by atoms with Gasteiger partial charge in [-0.05, 0) is 320 Å². The summed E-state index contributed by atoms with van der Waals surface area (Å²) in [7, 11) is -4.67. The Morgan fingerprint density at radius 3 is 1.60 bits per heavy atom. The van der Waals surface area contributed by atoms with E-state index in [0.29, 0.717) is 68.1 Å². The Balaban J connectivity index is 0.000000220. The number of carboxylic acid groups (broad SMARTS) is 1. The summed E-state index contributed by atoms with van der Waals surface area (Å²) in [6.45, 7) is 37.2. The molecule has 6 unspecified atom stereocenters. The molecular formula is C110H144ClF3N8O22S2U+4. The first kappa shape index (κ1) is 122. The largest absolute Gasteiger partial charge is 4.00 e. The number of aliphatic hydroxyl groups is 6. The summed E-state index contributed by atoms with van der Waals surface area (Å²) in [5.74, 6) is -1.65. The molecule has 2 aliphatic carbocycles. The molecular weight excluding hydrogens is 2180 g/mol. The van der Waals surface area contributed by atoms with E-state index >= 15 is 0 Å². The van der Waals surface area contributed by atoms with E-state index in [1.807, 2.05) is 151 Å². The molecule has 30 nitrogen and oxygen atoms in total. The minimum absolute atomic E-state index is 0. The number of benzene rings is 8. The van der Waals surface area contributed by atoms with E-state index in [2.05, 4.69) is 95.1 Å². The second-order valence-electron chi connectivity index (χ2n) is 42.6. The average Bonchev–Trinajstić information content (AvgIpc) is 1.66. The van der Waals surface area contributed by atoms with Crippen LogP contribution in [0.1, 0.15) is 238 Å². The van der Waals surface area contributed by atoms with Crippen molar-refractivity contribution >= 4 is 68.5 Å². The van der Waals surface area contributed by atoms with Crippen molar-refractivity contribution in [1.29, 1.82) is 0 Å². The Bertz CT molecular complexity index is 6110. The summed E-state index contributed by atoms with van der Waals surface area (Å²) in [5.41, 5.74) is 11.4. The molecule has 5 fully saturated rings. The minimum atomic E-state index is -4.67. The zero-order valence-corrected chi connectivity index (χ0v) is 92.7. The number of carbonyl (C=O) groups is 3. The van der Waals surface area contributed by atoms with Crippen LogP contribution >= 0.6 is 24.2 Å². The van der Waals surface area contributed by atoms with E-state index in [4.69, 9.17) is 32.7 Å². The van der Waals surface area contributed by atoms with Gasteiger partial charge in [-0.15, -0.1) is 12.4 Å². The minimum Gasteiger partial charge on any atom is -0.508 e. The summed E-state index contributed by atoms with van der Waals surface area (Å²) in [6.07, 6.45) is 8.29. The first-order valence-electron chi connectivity index (χ1n) is 48.7. The molecule has 4 aliphatic heterocycles. The fourth-order valence-electron chi connectivity index (χ4n) is 18.4. The molecule has 796 valence electrons. The molecule has 2 saturated carbocycles. The molecule has 6 heterocycles. The van der Waals surface area contributed by atoms with E-state index < -0.39 is 85.5 Å². The first-order chi connectivity index (χ1) is 67.6. The number of hydrogen-bond donors (Lipinski definition) is 18. The van der Waals surface area contributed by atoms with Crippen LogP contribution in [0.3, 0.4) is 0 Å². The molecule has 8 atom stereocenters. The molecule has 10 aromatic rings. The number of imide groups is 1. The monoisotopic (exact) mass is 2320 g/mol. The summed E-state index contributed by atoms with van der Waals surface area (Å²) < 4.78 is 87.7. The summed E-state index contributed by atoms with van der Waals surface area (Å²) in [6, 6.07) is 48.2. The molecule has 0 bridgehead atoms. The number of aliphatic hydroxyl groups excluding tert-OH is 3. The van der Waals surface area contributed by atoms with Gasteiger partial charge in [-0.1, -0.05) is 130 Å². The number of thioether (sulfide) groups is 1. The van der Waals surface area contributed by atoms with Crippen LogP contribution in [-0.2, 0) is 39.1 Å². The van der Waals surface area contributed by atoms with Crippen molar-refractivity contribution in [2.75, 3.05) is 57.3 Å². The number of likely N-dealkylation sites (tertiary alicyclic amines) is 1. The van der Waals surface area contributed by atoms with Crippen molar-refractivity contribution < 1.29 is 147 Å². The van der Waals surface area contributed by atoms with Crippen LogP contribution in [0.5, 0.6) is 40.2 Å². The Labute approximate surface area is 892 Å². The number of amides is 2. The third-order valence-corrected chi connectivity index (χ3v) is 28.2. The Hall–Kier alpha value is -9.92. The van der Waals surface area contributed by atoms with E-state index in [0.717, 1.165) is 181 Å². The predicted octanol–water partition coefficient (Wildman–Crippen LogP) is 17.2. The second kappa shape index (κ2) is 51.7. The van der Waals surface area contributed by atoms with Crippen LogP contribution in [-0.4, -0.2) is 202 Å². The number of hydrogen-bond acceptors (Lipinski definition) is 26. The zero-order valence-electron chi connectivity index (χ0n) is 86.1. The molecule has 16 rings (SSSR count). The average molecular weight is 2330 g/mol. The molecule has 19 N–H and O–H groups in total. The molecule has 2 aromatic heterocycles. The molecule has 0 radical (unpaired) electrons. The number of phenolic OH excluding ortho intramolecular Hbond substituents is 5. The number of β-amino-alcohol motifs (C(OH)–C–C–N with tert-alkyl or cyclic N) is 2. The maximum Gasteiger partial charge on any atom is 4.00 e. The first-order valence-corrected chi connectivity index (χ1v) is 51.0. The number of fused-ring (bicyclic) bond motifs is 3. The molecule has 0 spiro atoms. The maximum absolute atomic E-state index is 14.8. The SMILES string of the molecule is CC(C)(C)NCC(O)c1cc(O)cc(O)c1.CC(C)(C)NCC(O)c1cc(O)cc(O)c1.CC(C)(C)c1ccc(C(O)CCCN2CCC(C(O)(c3ccccc3)c3ccccc3)CC2)cc1.CC1(O)CCC(C(C)(C)O)CC1.Cc1c(C)c2c(c(C)c1O)CCC(C)(COc1ccc(CC3SC(=O)NC3=O)cc1)O2.Cl.NC1[C@H]2CN(c3nc4c(cc3F)c(=O)c(C(=O)O)cn4-c3ccc(F)cc3F)C[C@@H]12.O=S(=O)(O)O.[U+4]. The van der Waals surface area contributed by atoms with E-state index in [-0.39, 0.29) is 146 Å². The number of nitrogens with zero attached hydrogens (tertiary/aromatic N) is 4. The van der Waals surface area contributed by atoms with Gasteiger partial charge in [0.25, 0.3) is 5.24 Å². The number of ether oxygens (including phenoxy) is 2. The van der Waals surface area contributed by atoms with Gasteiger partial charge in [0.15, 0.2) is 17.3 Å². The second-order valence-corrected chi connectivity index (χ2v) is 44.7. The Morgan fingerprint density at radius 2 is 1.14 bits per heavy atom. The van der Waals surface area contributed by atoms with Gasteiger partial charge in [0.05, 0.1) is 45.8 Å². The number of rotatable bonds is 23. The van der Waals surface area contributed by atoms with Gasteiger partial charge >= 0.3 is 47.5 Å². The van der Waals surface area contributed by atoms with Crippen LogP contribution in [0.15, 0.2) is 181 Å². The number of nitrogens with two attached hydrogens (primary N) is 1. The standard InChI is InChI=1S/C32H41NO2.C24H27NO5S.C20H15F3N4O3.2C12H19NO3.C10H20O2.ClH.H2O4S.U/c1-31(2,3)26-18-16-25(17-19-26)30(34)15-10-22-33-23-20-29(21-24-33)32(35,27-11-6-4-7-12-27)28-13-8-5-9-14-28;1-13-14(2)21-18(15(3)20(13)26)9-10-24(4,30-21)12-29-17-7-5-16(6-8-17)11-19-22(27)25-23(28)31-19;21-8-1-2-15(13(22)3-8)27-7-12(20(29)30)17(28)9-4-14(23)19(25-18(9)27)26-5-10-11(6-26)16(10)24;2*1-12(2,3)13-7-11(16)8-4-9(14)6-10(15)5-8;1-9(2,11)8-4-6-10(3,12)7-5-8;;1-5(2,3)4;/h4-9,11-14,16-19,29-30,34-35H,10,15,20-24H2,1-3H3;5-8,19,26H,9-12H2,1-4H3,(H,25,27,28);1-4,7,10-11,16H,5-6,24H2,(H,29,30);2*4-6,11,13-16H,7H2,1-3H3;8,11-12H,4-7H2,1-3H3;1H;(H2,1,2,3,4);/q;;;;;;;;+4/t;;10-,11+,16?;;;;;;.